The molecule has 4 nitrogen and oxygen atoms in total. The van der Waals surface area contributed by atoms with E-state index < -0.39 is 0 Å². The van der Waals surface area contributed by atoms with Crippen molar-refractivity contribution in [1.29, 1.82) is 0 Å². The molecule has 0 saturated heterocycles. The Bertz CT molecular complexity index is 917. The number of amides is 1. The molecule has 2 N–H and O–H groups in total. The summed E-state index contributed by atoms with van der Waals surface area (Å²) in [5.41, 5.74) is 2.24. The largest absolute Gasteiger partial charge is 0.344 e. The van der Waals surface area contributed by atoms with Crippen molar-refractivity contribution in [2.75, 3.05) is 0 Å². The molecular formula is C18H16ClN3OS. The third kappa shape index (κ3) is 3.42. The molecule has 0 saturated carbocycles. The van der Waals surface area contributed by atoms with Gasteiger partial charge in [0.1, 0.15) is 5.69 Å². The summed E-state index contributed by atoms with van der Waals surface area (Å²) in [6.45, 7) is 1.91. The van der Waals surface area contributed by atoms with Gasteiger partial charge in [0.05, 0.1) is 6.04 Å². The Morgan fingerprint density at radius 1 is 1.21 bits per heavy atom. The number of carbonyl (C=O) groups excluding carboxylic acids is 1. The van der Waals surface area contributed by atoms with Crippen LogP contribution in [0.25, 0.3) is 5.69 Å². The first kappa shape index (κ1) is 16.5. The van der Waals surface area contributed by atoms with Crippen LogP contribution in [0.3, 0.4) is 0 Å². The van der Waals surface area contributed by atoms with E-state index in [1.54, 1.807) is 16.8 Å². The van der Waals surface area contributed by atoms with E-state index in [1.165, 1.54) is 0 Å². The number of para-hydroxylation sites is 1. The van der Waals surface area contributed by atoms with Gasteiger partial charge in [0.15, 0.2) is 4.77 Å². The number of hydrogen-bond acceptors (Lipinski definition) is 2. The molecule has 0 aliphatic heterocycles. The molecule has 24 heavy (non-hydrogen) atoms. The van der Waals surface area contributed by atoms with Crippen LogP contribution in [0.4, 0.5) is 0 Å². The summed E-state index contributed by atoms with van der Waals surface area (Å²) in [6, 6.07) is 16.8. The van der Waals surface area contributed by atoms with E-state index in [4.69, 9.17) is 23.8 Å². The van der Waals surface area contributed by atoms with Crippen molar-refractivity contribution >= 4 is 29.7 Å². The van der Waals surface area contributed by atoms with Crippen LogP contribution in [-0.2, 0) is 0 Å². The summed E-state index contributed by atoms with van der Waals surface area (Å²) in [5, 5.41) is 3.62. The second-order valence-corrected chi connectivity index (χ2v) is 6.22. The molecule has 1 amide bonds. The van der Waals surface area contributed by atoms with E-state index in [-0.39, 0.29) is 11.9 Å². The number of benzene rings is 2. The van der Waals surface area contributed by atoms with Gasteiger partial charge in [0.25, 0.3) is 5.91 Å². The normalized spacial score (nSPS) is 11.9. The number of imidazole rings is 1. The Kier molecular flexibility index (Phi) is 4.83. The predicted molar refractivity (Wildman–Crippen MR) is 98.3 cm³/mol. The van der Waals surface area contributed by atoms with Gasteiger partial charge in [-0.15, -0.1) is 0 Å². The average molecular weight is 358 g/mol. The summed E-state index contributed by atoms with van der Waals surface area (Å²) in [5.74, 6) is -0.210. The highest BCUT2D eigenvalue weighted by Crippen LogP contribution is 2.19. The van der Waals surface area contributed by atoms with E-state index in [2.05, 4.69) is 10.3 Å². The summed E-state index contributed by atoms with van der Waals surface area (Å²) in [7, 11) is 0. The Hall–Kier alpha value is -2.37. The van der Waals surface area contributed by atoms with Crippen LogP contribution >= 0.6 is 23.8 Å². The molecule has 0 radical (unpaired) electrons. The second-order valence-electron chi connectivity index (χ2n) is 5.40. The quantitative estimate of drug-likeness (QED) is 0.666. The third-order valence-corrected chi connectivity index (χ3v) is 4.26. The number of aromatic nitrogens is 2. The number of rotatable bonds is 4. The van der Waals surface area contributed by atoms with Crippen molar-refractivity contribution in [3.8, 4) is 5.69 Å². The summed E-state index contributed by atoms with van der Waals surface area (Å²) >= 11 is 11.3. The Morgan fingerprint density at radius 2 is 1.96 bits per heavy atom. The standard InChI is InChI=1S/C18H16ClN3OS/c1-12(13-6-5-7-14(19)10-13)21-17(23)16-11-20-18(24)22(16)15-8-3-2-4-9-15/h2-12H,1H3,(H,20,24)(H,21,23)/t12-/m0/s1. The van der Waals surface area contributed by atoms with Crippen molar-refractivity contribution in [3.63, 3.8) is 0 Å². The highest BCUT2D eigenvalue weighted by Gasteiger charge is 2.17. The zero-order valence-electron chi connectivity index (χ0n) is 13.0. The fourth-order valence-electron chi connectivity index (χ4n) is 2.50. The lowest BCUT2D eigenvalue weighted by Gasteiger charge is -2.15. The maximum Gasteiger partial charge on any atom is 0.270 e. The second kappa shape index (κ2) is 7.03. The van der Waals surface area contributed by atoms with Gasteiger partial charge < -0.3 is 10.3 Å². The summed E-state index contributed by atoms with van der Waals surface area (Å²) in [6.07, 6.45) is 1.62. The molecule has 1 heterocycles. The average Bonchev–Trinajstić information content (AvgIpc) is 2.97. The Balaban J connectivity index is 1.88. The molecule has 0 aliphatic rings. The predicted octanol–water partition coefficient (Wildman–Crippen LogP) is 4.68. The summed E-state index contributed by atoms with van der Waals surface area (Å²) < 4.78 is 2.19. The highest BCUT2D eigenvalue weighted by molar-refractivity contribution is 7.71. The lowest BCUT2D eigenvalue weighted by atomic mass is 10.1. The van der Waals surface area contributed by atoms with E-state index in [0.29, 0.717) is 15.5 Å². The summed E-state index contributed by atoms with van der Waals surface area (Å²) in [4.78, 5) is 15.6. The Labute approximate surface area is 150 Å². The monoisotopic (exact) mass is 357 g/mol. The number of carbonyl (C=O) groups is 1. The first-order valence-corrected chi connectivity index (χ1v) is 8.27. The van der Waals surface area contributed by atoms with Gasteiger partial charge in [-0.1, -0.05) is 41.9 Å². The minimum absolute atomic E-state index is 0.177. The smallest absolute Gasteiger partial charge is 0.270 e. The van der Waals surface area contributed by atoms with Gasteiger partial charge in [-0.2, -0.15) is 0 Å². The number of halogens is 1. The molecule has 0 unspecified atom stereocenters. The SMILES string of the molecule is C[C@H](NC(=O)c1c[nH]c(=S)n1-c1ccccc1)c1cccc(Cl)c1. The number of nitrogens with zero attached hydrogens (tertiary/aromatic N) is 1. The van der Waals surface area contributed by atoms with Crippen molar-refractivity contribution in [1.82, 2.24) is 14.9 Å². The maximum absolute atomic E-state index is 12.7. The van der Waals surface area contributed by atoms with Crippen molar-refractivity contribution < 1.29 is 4.79 Å². The third-order valence-electron chi connectivity index (χ3n) is 3.72. The molecule has 0 bridgehead atoms. The molecule has 1 atom stereocenters. The van der Waals surface area contributed by atoms with Gasteiger partial charge in [-0.25, -0.2) is 0 Å². The van der Waals surface area contributed by atoms with Crippen LogP contribution in [0, 0.1) is 4.77 Å². The minimum Gasteiger partial charge on any atom is -0.344 e. The molecule has 122 valence electrons. The Morgan fingerprint density at radius 3 is 2.67 bits per heavy atom. The first-order chi connectivity index (χ1) is 11.6. The molecule has 3 aromatic rings. The van der Waals surface area contributed by atoms with Crippen LogP contribution in [0.1, 0.15) is 29.0 Å². The van der Waals surface area contributed by atoms with Crippen LogP contribution in [0.15, 0.2) is 60.8 Å². The zero-order valence-corrected chi connectivity index (χ0v) is 14.6. The van der Waals surface area contributed by atoms with Gasteiger partial charge in [0.2, 0.25) is 0 Å². The molecule has 1 aromatic heterocycles. The fraction of sp³-hybridized carbons (Fsp3) is 0.111. The van der Waals surface area contributed by atoms with Crippen LogP contribution < -0.4 is 5.32 Å². The highest BCUT2D eigenvalue weighted by atomic mass is 35.5. The van der Waals surface area contributed by atoms with Crippen molar-refractivity contribution in [2.45, 2.75) is 13.0 Å². The molecule has 2 aromatic carbocycles. The fourth-order valence-corrected chi connectivity index (χ4v) is 2.96. The zero-order chi connectivity index (χ0) is 17.1. The van der Waals surface area contributed by atoms with Crippen molar-refractivity contribution in [2.24, 2.45) is 0 Å². The molecule has 0 fully saturated rings. The van der Waals surface area contributed by atoms with Gasteiger partial charge in [-0.05, 0) is 49.0 Å². The van der Waals surface area contributed by atoms with Gasteiger partial charge in [-0.3, -0.25) is 9.36 Å². The van der Waals surface area contributed by atoms with E-state index >= 15 is 0 Å². The lowest BCUT2D eigenvalue weighted by molar-refractivity contribution is 0.0933. The number of H-pyrrole nitrogens is 1. The van der Waals surface area contributed by atoms with Gasteiger partial charge in [0, 0.05) is 16.9 Å². The topological polar surface area (TPSA) is 49.8 Å². The number of nitrogens with one attached hydrogen (secondary N) is 2. The van der Waals surface area contributed by atoms with E-state index in [9.17, 15) is 4.79 Å². The van der Waals surface area contributed by atoms with Gasteiger partial charge >= 0.3 is 0 Å². The first-order valence-electron chi connectivity index (χ1n) is 7.48. The van der Waals surface area contributed by atoms with Crippen LogP contribution in [0.2, 0.25) is 5.02 Å². The molecule has 6 heteroatoms. The number of hydrogen-bond donors (Lipinski definition) is 2. The number of aromatic amines is 1. The lowest BCUT2D eigenvalue weighted by Crippen LogP contribution is -2.28. The van der Waals surface area contributed by atoms with E-state index in [0.717, 1.165) is 11.3 Å². The molecule has 3 rings (SSSR count). The molecular weight excluding hydrogens is 342 g/mol. The van der Waals surface area contributed by atoms with Crippen LogP contribution in [0.5, 0.6) is 0 Å². The van der Waals surface area contributed by atoms with E-state index in [1.807, 2.05) is 55.5 Å². The van der Waals surface area contributed by atoms with Crippen LogP contribution in [-0.4, -0.2) is 15.5 Å². The van der Waals surface area contributed by atoms with Crippen molar-refractivity contribution in [3.05, 3.63) is 81.8 Å². The molecule has 0 spiro atoms. The maximum atomic E-state index is 12.7. The molecule has 0 aliphatic carbocycles. The minimum atomic E-state index is -0.210.